The first-order chi connectivity index (χ1) is 14.1. The highest BCUT2D eigenvalue weighted by Crippen LogP contribution is 2.32. The van der Waals surface area contributed by atoms with Crippen molar-refractivity contribution in [3.63, 3.8) is 0 Å². The lowest BCUT2D eigenvalue weighted by Gasteiger charge is -2.12. The van der Waals surface area contributed by atoms with E-state index in [1.807, 2.05) is 49.4 Å². The molecular weight excluding hydrogens is 370 g/mol. The summed E-state index contributed by atoms with van der Waals surface area (Å²) in [4.78, 5) is 20.0. The number of hydrogen-bond acceptors (Lipinski definition) is 7. The number of ether oxygens (including phenoxy) is 2. The molecule has 3 N–H and O–H groups in total. The standard InChI is InChI=1S/C21H21N5O3/c1-13-10-22-21(23-11-15-3-8-18-19(9-15)29-12-28-18)26-20(13)25-17-6-4-16(5-7-17)24-14(2)27/h3-10H,11-12H2,1-2H3,(H,24,27)(H2,22,23,25,26). The van der Waals surface area contributed by atoms with Crippen LogP contribution in [-0.4, -0.2) is 22.7 Å². The van der Waals surface area contributed by atoms with Gasteiger partial charge in [-0.3, -0.25) is 4.79 Å². The molecule has 0 bridgehead atoms. The minimum atomic E-state index is -0.101. The molecule has 1 aliphatic heterocycles. The smallest absolute Gasteiger partial charge is 0.231 e. The Labute approximate surface area is 168 Å². The van der Waals surface area contributed by atoms with E-state index < -0.39 is 0 Å². The van der Waals surface area contributed by atoms with Gasteiger partial charge in [-0.05, 0) is 48.9 Å². The fourth-order valence-electron chi connectivity index (χ4n) is 2.86. The van der Waals surface area contributed by atoms with Gasteiger partial charge in [-0.1, -0.05) is 6.07 Å². The SMILES string of the molecule is CC(=O)Nc1ccc(Nc2nc(NCc3ccc4c(c3)OCO4)ncc2C)cc1. The molecule has 2 aromatic carbocycles. The Morgan fingerprint density at radius 1 is 1.07 bits per heavy atom. The van der Waals surface area contributed by atoms with Crippen LogP contribution >= 0.6 is 0 Å². The Balaban J connectivity index is 1.42. The zero-order valence-electron chi connectivity index (χ0n) is 16.2. The van der Waals surface area contributed by atoms with Crippen molar-refractivity contribution in [3.05, 3.63) is 59.8 Å². The third-order valence-electron chi connectivity index (χ3n) is 4.33. The number of aromatic nitrogens is 2. The van der Waals surface area contributed by atoms with Crippen LogP contribution in [0.25, 0.3) is 0 Å². The van der Waals surface area contributed by atoms with E-state index in [0.29, 0.717) is 18.3 Å². The molecule has 0 saturated heterocycles. The van der Waals surface area contributed by atoms with Crippen LogP contribution in [0.4, 0.5) is 23.1 Å². The van der Waals surface area contributed by atoms with E-state index in [-0.39, 0.29) is 12.7 Å². The van der Waals surface area contributed by atoms with Gasteiger partial charge in [-0.2, -0.15) is 4.98 Å². The van der Waals surface area contributed by atoms with Gasteiger partial charge in [0.2, 0.25) is 18.6 Å². The van der Waals surface area contributed by atoms with E-state index in [0.717, 1.165) is 34.0 Å². The Hall–Kier alpha value is -3.81. The fraction of sp³-hybridized carbons (Fsp3) is 0.190. The third-order valence-corrected chi connectivity index (χ3v) is 4.33. The topological polar surface area (TPSA) is 97.4 Å². The van der Waals surface area contributed by atoms with Gasteiger partial charge in [0.25, 0.3) is 0 Å². The van der Waals surface area contributed by atoms with Gasteiger partial charge < -0.3 is 25.4 Å². The van der Waals surface area contributed by atoms with Crippen molar-refractivity contribution in [1.29, 1.82) is 0 Å². The number of fused-ring (bicyclic) bond motifs is 1. The number of hydrogen-bond donors (Lipinski definition) is 3. The highest BCUT2D eigenvalue weighted by Gasteiger charge is 2.13. The van der Waals surface area contributed by atoms with E-state index in [9.17, 15) is 4.79 Å². The van der Waals surface area contributed by atoms with Crippen LogP contribution in [0, 0.1) is 6.92 Å². The average Bonchev–Trinajstić information content (AvgIpc) is 3.17. The van der Waals surface area contributed by atoms with Crippen molar-refractivity contribution in [3.8, 4) is 11.5 Å². The Bertz CT molecular complexity index is 1040. The minimum absolute atomic E-state index is 0.101. The summed E-state index contributed by atoms with van der Waals surface area (Å²) in [6, 6.07) is 13.2. The van der Waals surface area contributed by atoms with Gasteiger partial charge in [0.1, 0.15) is 5.82 Å². The first-order valence-electron chi connectivity index (χ1n) is 9.17. The summed E-state index contributed by atoms with van der Waals surface area (Å²) in [6.45, 7) is 4.24. The molecule has 1 aromatic heterocycles. The van der Waals surface area contributed by atoms with Crippen molar-refractivity contribution in [2.24, 2.45) is 0 Å². The van der Waals surface area contributed by atoms with E-state index in [2.05, 4.69) is 25.9 Å². The molecule has 0 aliphatic carbocycles. The number of anilines is 4. The Kier molecular flexibility index (Phi) is 5.15. The monoisotopic (exact) mass is 391 g/mol. The van der Waals surface area contributed by atoms with Gasteiger partial charge in [-0.15, -0.1) is 0 Å². The van der Waals surface area contributed by atoms with Crippen LogP contribution in [0.15, 0.2) is 48.7 Å². The predicted octanol–water partition coefficient (Wildman–Crippen LogP) is 3.83. The number of amides is 1. The summed E-state index contributed by atoms with van der Waals surface area (Å²) >= 11 is 0. The summed E-state index contributed by atoms with van der Waals surface area (Å²) in [6.07, 6.45) is 1.77. The van der Waals surface area contributed by atoms with Crippen LogP contribution in [0.3, 0.4) is 0 Å². The molecule has 8 heteroatoms. The second-order valence-electron chi connectivity index (χ2n) is 6.65. The number of benzene rings is 2. The number of aryl methyl sites for hydroxylation is 1. The fourth-order valence-corrected chi connectivity index (χ4v) is 2.86. The van der Waals surface area contributed by atoms with Gasteiger partial charge >= 0.3 is 0 Å². The maximum Gasteiger partial charge on any atom is 0.231 e. The first kappa shape index (κ1) is 18.5. The van der Waals surface area contributed by atoms with E-state index >= 15 is 0 Å². The molecule has 0 unspecified atom stereocenters. The first-order valence-corrected chi connectivity index (χ1v) is 9.17. The van der Waals surface area contributed by atoms with Crippen LogP contribution < -0.4 is 25.4 Å². The average molecular weight is 391 g/mol. The molecule has 0 saturated carbocycles. The van der Waals surface area contributed by atoms with Gasteiger partial charge in [0.15, 0.2) is 11.5 Å². The molecule has 4 rings (SSSR count). The van der Waals surface area contributed by atoms with Crippen LogP contribution in [0.2, 0.25) is 0 Å². The zero-order valence-corrected chi connectivity index (χ0v) is 16.2. The molecule has 0 atom stereocenters. The number of carbonyl (C=O) groups is 1. The van der Waals surface area contributed by atoms with Crippen molar-refractivity contribution < 1.29 is 14.3 Å². The van der Waals surface area contributed by atoms with Crippen LogP contribution in [0.1, 0.15) is 18.1 Å². The predicted molar refractivity (Wildman–Crippen MR) is 111 cm³/mol. The van der Waals surface area contributed by atoms with E-state index in [1.165, 1.54) is 6.92 Å². The van der Waals surface area contributed by atoms with Crippen molar-refractivity contribution in [1.82, 2.24) is 9.97 Å². The molecule has 148 valence electrons. The largest absolute Gasteiger partial charge is 0.454 e. The second kappa shape index (κ2) is 8.05. The summed E-state index contributed by atoms with van der Waals surface area (Å²) < 4.78 is 10.7. The second-order valence-corrected chi connectivity index (χ2v) is 6.65. The van der Waals surface area contributed by atoms with Gasteiger partial charge in [-0.25, -0.2) is 4.98 Å². The minimum Gasteiger partial charge on any atom is -0.454 e. The van der Waals surface area contributed by atoms with Crippen LogP contribution in [0.5, 0.6) is 11.5 Å². The van der Waals surface area contributed by atoms with E-state index in [1.54, 1.807) is 6.20 Å². The molecule has 2 heterocycles. The zero-order chi connectivity index (χ0) is 20.2. The highest BCUT2D eigenvalue weighted by molar-refractivity contribution is 5.88. The lowest BCUT2D eigenvalue weighted by molar-refractivity contribution is -0.114. The molecule has 0 spiro atoms. The molecule has 1 amide bonds. The van der Waals surface area contributed by atoms with Gasteiger partial charge in [0.05, 0.1) is 0 Å². The third kappa shape index (κ3) is 4.55. The van der Waals surface area contributed by atoms with Gasteiger partial charge in [0, 0.05) is 36.6 Å². The summed E-state index contributed by atoms with van der Waals surface area (Å²) in [7, 11) is 0. The maximum absolute atomic E-state index is 11.1. The Morgan fingerprint density at radius 2 is 1.83 bits per heavy atom. The molecule has 29 heavy (non-hydrogen) atoms. The number of carbonyl (C=O) groups excluding carboxylic acids is 1. The van der Waals surface area contributed by atoms with Crippen molar-refractivity contribution in [2.45, 2.75) is 20.4 Å². The molecule has 0 radical (unpaired) electrons. The van der Waals surface area contributed by atoms with Crippen LogP contribution in [-0.2, 0) is 11.3 Å². The van der Waals surface area contributed by atoms with E-state index in [4.69, 9.17) is 9.47 Å². The lowest BCUT2D eigenvalue weighted by Crippen LogP contribution is -2.07. The quantitative estimate of drug-likeness (QED) is 0.587. The summed E-state index contributed by atoms with van der Waals surface area (Å²) in [5.74, 6) is 2.64. The molecule has 3 aromatic rings. The lowest BCUT2D eigenvalue weighted by atomic mass is 10.2. The molecular formula is C21H21N5O3. The maximum atomic E-state index is 11.1. The summed E-state index contributed by atoms with van der Waals surface area (Å²) in [5.41, 5.74) is 3.57. The Morgan fingerprint density at radius 3 is 2.62 bits per heavy atom. The summed E-state index contributed by atoms with van der Waals surface area (Å²) in [5, 5.41) is 9.26. The van der Waals surface area contributed by atoms with Crippen molar-refractivity contribution >= 4 is 29.0 Å². The molecule has 0 fully saturated rings. The van der Waals surface area contributed by atoms with Crippen molar-refractivity contribution in [2.75, 3.05) is 22.7 Å². The molecule has 1 aliphatic rings. The number of nitrogens with zero attached hydrogens (tertiary/aromatic N) is 2. The number of nitrogens with one attached hydrogen (secondary N) is 3. The highest BCUT2D eigenvalue weighted by atomic mass is 16.7. The number of rotatable bonds is 6. The molecule has 8 nitrogen and oxygen atoms in total. The normalized spacial score (nSPS) is 11.8.